The van der Waals surface area contributed by atoms with Gasteiger partial charge in [0.2, 0.25) is 0 Å². The number of hydrogen-bond donors (Lipinski definition) is 2. The van der Waals surface area contributed by atoms with Crippen LogP contribution in [0.1, 0.15) is 13.8 Å². The highest BCUT2D eigenvalue weighted by Crippen LogP contribution is 1.67. The van der Waals surface area contributed by atoms with E-state index in [0.29, 0.717) is 0 Å². The van der Waals surface area contributed by atoms with E-state index in [1.54, 1.807) is 13.8 Å². The summed E-state index contributed by atoms with van der Waals surface area (Å²) in [4.78, 5) is 0. The lowest BCUT2D eigenvalue weighted by Gasteiger charge is -1.74. The van der Waals surface area contributed by atoms with Gasteiger partial charge >= 0.3 is 0 Å². The molecule has 1 radical (unpaired) electrons. The molecule has 0 fully saturated rings. The van der Waals surface area contributed by atoms with Gasteiger partial charge in [-0.25, -0.2) is 5.11 Å². The third-order valence-electron chi connectivity index (χ3n) is 0. The average molecular weight is 93.1 g/mol. The van der Waals surface area contributed by atoms with Gasteiger partial charge < -0.3 is 0 Å². The lowest BCUT2D eigenvalue weighted by molar-refractivity contribution is -0.176. The van der Waals surface area contributed by atoms with Gasteiger partial charge in [-0.1, -0.05) is 0 Å². The van der Waals surface area contributed by atoms with Crippen molar-refractivity contribution in [2.75, 3.05) is 0 Å². The van der Waals surface area contributed by atoms with E-state index in [1.165, 1.54) is 0 Å². The van der Waals surface area contributed by atoms with Gasteiger partial charge in [-0.3, -0.25) is 10.5 Å². The maximum Gasteiger partial charge on any atom is 0.0874 e. The van der Waals surface area contributed by atoms with Crippen LogP contribution in [0.15, 0.2) is 0 Å². The molecule has 2 N–H and O–H groups in total. The molecule has 0 aliphatic rings. The smallest absolute Gasteiger partial charge is 0.0874 e. The van der Waals surface area contributed by atoms with E-state index >= 15 is 0 Å². The summed E-state index contributed by atoms with van der Waals surface area (Å²) in [5.41, 5.74) is 0. The molecule has 0 aromatic rings. The normalized spacial score (nSPS) is 7.00. The zero-order chi connectivity index (χ0) is 5.58. The van der Waals surface area contributed by atoms with Gasteiger partial charge in [0, 0.05) is 0 Å². The van der Waals surface area contributed by atoms with Crippen LogP contribution in [0.4, 0.5) is 0 Å². The topological polar surface area (TPSA) is 60.4 Å². The quantitative estimate of drug-likeness (QED) is 0.344. The minimum absolute atomic E-state index is 0.417. The van der Waals surface area contributed by atoms with Crippen LogP contribution in [0.2, 0.25) is 0 Å². The van der Waals surface area contributed by atoms with E-state index in [4.69, 9.17) is 10.5 Å². The summed E-state index contributed by atoms with van der Waals surface area (Å²) in [5, 5.41) is 21.5. The SMILES string of the molecule is CC(C)[O].OO. The molecule has 0 heterocycles. The largest absolute Gasteiger partial charge is 0.255 e. The fourth-order valence-corrected chi connectivity index (χ4v) is 0. The van der Waals surface area contributed by atoms with E-state index in [0.717, 1.165) is 0 Å². The molecule has 39 valence electrons. The predicted molar refractivity (Wildman–Crippen MR) is 21.1 cm³/mol. The van der Waals surface area contributed by atoms with Crippen molar-refractivity contribution in [3.63, 3.8) is 0 Å². The van der Waals surface area contributed by atoms with Gasteiger partial charge in [0.05, 0.1) is 6.10 Å². The Labute approximate surface area is 36.8 Å². The standard InChI is InChI=1S/C3H7O.H2O2/c1-3(2)4;1-2/h3H,1-2H3;1-2H. The highest BCUT2D eigenvalue weighted by Gasteiger charge is 1.73. The molecule has 0 saturated carbocycles. The third-order valence-corrected chi connectivity index (χ3v) is 0. The number of rotatable bonds is 0. The molecule has 0 amide bonds. The van der Waals surface area contributed by atoms with Crippen molar-refractivity contribution in [1.82, 2.24) is 0 Å². The maximum atomic E-state index is 9.53. The molecular formula is C3H9O3. The Morgan fingerprint density at radius 2 is 1.33 bits per heavy atom. The summed E-state index contributed by atoms with van der Waals surface area (Å²) in [5.74, 6) is 0. The summed E-state index contributed by atoms with van der Waals surface area (Å²) in [6, 6.07) is 0. The van der Waals surface area contributed by atoms with Crippen LogP contribution in [0.3, 0.4) is 0 Å². The first kappa shape index (κ1) is 9.30. The zero-order valence-electron chi connectivity index (χ0n) is 3.88. The Bertz CT molecular complexity index is 10.8. The third kappa shape index (κ3) is 2230. The Hall–Kier alpha value is -0.120. The van der Waals surface area contributed by atoms with Crippen molar-refractivity contribution < 1.29 is 15.6 Å². The molecule has 0 bridgehead atoms. The molecule has 0 rings (SSSR count). The van der Waals surface area contributed by atoms with Crippen LogP contribution in [0.25, 0.3) is 0 Å². The Morgan fingerprint density at radius 1 is 1.33 bits per heavy atom. The minimum atomic E-state index is -0.417. The lowest BCUT2D eigenvalue weighted by Crippen LogP contribution is -1.81. The molecule has 6 heavy (non-hydrogen) atoms. The van der Waals surface area contributed by atoms with E-state index < -0.39 is 6.10 Å². The van der Waals surface area contributed by atoms with Gasteiger partial charge in [0.1, 0.15) is 0 Å². The van der Waals surface area contributed by atoms with Crippen LogP contribution in [-0.2, 0) is 5.11 Å². The summed E-state index contributed by atoms with van der Waals surface area (Å²) in [6.45, 7) is 3.22. The van der Waals surface area contributed by atoms with Crippen LogP contribution < -0.4 is 0 Å². The molecular weight excluding hydrogens is 84.0 g/mol. The second-order valence-electron chi connectivity index (χ2n) is 1.05. The van der Waals surface area contributed by atoms with Gasteiger partial charge in [0.15, 0.2) is 0 Å². The van der Waals surface area contributed by atoms with Crippen LogP contribution >= 0.6 is 0 Å². The van der Waals surface area contributed by atoms with E-state index in [-0.39, 0.29) is 0 Å². The van der Waals surface area contributed by atoms with Crippen molar-refractivity contribution in [1.29, 1.82) is 0 Å². The Morgan fingerprint density at radius 3 is 1.33 bits per heavy atom. The van der Waals surface area contributed by atoms with Crippen molar-refractivity contribution >= 4 is 0 Å². The van der Waals surface area contributed by atoms with Gasteiger partial charge in [-0.05, 0) is 13.8 Å². The average Bonchev–Trinajstić information content (AvgIpc) is 1.41. The summed E-state index contributed by atoms with van der Waals surface area (Å²) >= 11 is 0. The minimum Gasteiger partial charge on any atom is -0.255 e. The summed E-state index contributed by atoms with van der Waals surface area (Å²) < 4.78 is 0. The zero-order valence-corrected chi connectivity index (χ0v) is 3.88. The fourth-order valence-electron chi connectivity index (χ4n) is 0. The number of hydrogen-bond acceptors (Lipinski definition) is 2. The first-order valence-electron chi connectivity index (χ1n) is 1.59. The first-order chi connectivity index (χ1) is 2.73. The molecule has 0 saturated heterocycles. The molecule has 3 nitrogen and oxygen atoms in total. The van der Waals surface area contributed by atoms with Crippen molar-refractivity contribution in [3.8, 4) is 0 Å². The Kier molecular flexibility index (Phi) is 13.7. The first-order valence-corrected chi connectivity index (χ1v) is 1.59. The predicted octanol–water partition coefficient (Wildman–Crippen LogP) is 0.843. The molecule has 3 heteroatoms. The fraction of sp³-hybridized carbons (Fsp3) is 1.00. The second-order valence-corrected chi connectivity index (χ2v) is 1.05. The molecule has 0 spiro atoms. The molecule has 0 unspecified atom stereocenters. The van der Waals surface area contributed by atoms with Crippen LogP contribution in [0.5, 0.6) is 0 Å². The molecule has 0 aromatic carbocycles. The van der Waals surface area contributed by atoms with Crippen LogP contribution in [-0.4, -0.2) is 16.6 Å². The van der Waals surface area contributed by atoms with Gasteiger partial charge in [0.25, 0.3) is 0 Å². The highest BCUT2D eigenvalue weighted by molar-refractivity contribution is 4.20. The summed E-state index contributed by atoms with van der Waals surface area (Å²) in [6.07, 6.45) is -0.417. The molecule has 0 aliphatic heterocycles. The van der Waals surface area contributed by atoms with E-state index in [9.17, 15) is 5.11 Å². The molecule has 0 aromatic heterocycles. The van der Waals surface area contributed by atoms with Crippen molar-refractivity contribution in [2.45, 2.75) is 20.0 Å². The van der Waals surface area contributed by atoms with Crippen molar-refractivity contribution in [2.24, 2.45) is 0 Å². The maximum absolute atomic E-state index is 9.53. The van der Waals surface area contributed by atoms with Crippen molar-refractivity contribution in [3.05, 3.63) is 0 Å². The molecule has 0 aliphatic carbocycles. The lowest BCUT2D eigenvalue weighted by atomic mass is 10.5. The van der Waals surface area contributed by atoms with Crippen LogP contribution in [0, 0.1) is 0 Å². The van der Waals surface area contributed by atoms with Gasteiger partial charge in [-0.2, -0.15) is 0 Å². The Balaban J connectivity index is 0. The second kappa shape index (κ2) is 8.86. The highest BCUT2D eigenvalue weighted by atomic mass is 17.0. The summed E-state index contributed by atoms with van der Waals surface area (Å²) in [7, 11) is 0. The molecule has 0 atom stereocenters. The van der Waals surface area contributed by atoms with E-state index in [1.807, 2.05) is 0 Å². The van der Waals surface area contributed by atoms with Gasteiger partial charge in [-0.15, -0.1) is 0 Å². The monoisotopic (exact) mass is 93.1 g/mol. The van der Waals surface area contributed by atoms with E-state index in [2.05, 4.69) is 0 Å².